The van der Waals surface area contributed by atoms with Crippen LogP contribution in [-0.4, -0.2) is 18.3 Å². The van der Waals surface area contributed by atoms with Crippen molar-refractivity contribution < 1.29 is 9.53 Å². The van der Waals surface area contributed by atoms with Crippen molar-refractivity contribution in [2.24, 2.45) is 16.8 Å². The van der Waals surface area contributed by atoms with Crippen LogP contribution in [0.25, 0.3) is 0 Å². The second-order valence-corrected chi connectivity index (χ2v) is 8.05. The van der Waals surface area contributed by atoms with Gasteiger partial charge < -0.3 is 4.74 Å². The van der Waals surface area contributed by atoms with Gasteiger partial charge in [0.25, 0.3) is 0 Å². The zero-order valence-corrected chi connectivity index (χ0v) is 17.3. The number of nitrogens with zero attached hydrogens (tertiary/aromatic N) is 1. The number of hydrogen-bond acceptors (Lipinski definition) is 3. The predicted octanol–water partition coefficient (Wildman–Crippen LogP) is 5.99. The summed E-state index contributed by atoms with van der Waals surface area (Å²) in [5.41, 5.74) is 5.18. The van der Waals surface area contributed by atoms with Crippen LogP contribution in [0.1, 0.15) is 36.5 Å². The molecule has 0 bridgehead atoms. The lowest BCUT2D eigenvalue weighted by atomic mass is 9.76. The first kappa shape index (κ1) is 20.1. The van der Waals surface area contributed by atoms with Gasteiger partial charge >= 0.3 is 5.97 Å². The molecule has 152 valence electrons. The van der Waals surface area contributed by atoms with E-state index < -0.39 is 0 Å². The van der Waals surface area contributed by atoms with Crippen molar-refractivity contribution in [1.82, 2.24) is 0 Å². The van der Waals surface area contributed by atoms with E-state index in [1.54, 1.807) is 0 Å². The molecule has 4 rings (SSSR count). The zero-order chi connectivity index (χ0) is 20.8. The zero-order valence-electron chi connectivity index (χ0n) is 17.3. The maximum Gasteiger partial charge on any atom is 0.308 e. The van der Waals surface area contributed by atoms with Gasteiger partial charge in [-0.25, -0.2) is 4.99 Å². The first-order chi connectivity index (χ1) is 14.7. The number of ether oxygens (including phenoxy) is 1. The average Bonchev–Trinajstić information content (AvgIpc) is 2.77. The summed E-state index contributed by atoms with van der Waals surface area (Å²) in [4.78, 5) is 16.9. The van der Waals surface area contributed by atoms with E-state index in [0.717, 1.165) is 47.4 Å². The van der Waals surface area contributed by atoms with E-state index in [1.807, 2.05) is 48.5 Å². The quantitative estimate of drug-likeness (QED) is 0.363. The monoisotopic (exact) mass is 397 g/mol. The van der Waals surface area contributed by atoms with E-state index in [9.17, 15) is 4.79 Å². The standard InChI is InChI=1S/C27H27NO2/c1-20-18-24(19-20)27(29)30-17-16-21-12-14-25(15-13-21)28-26(22-8-4-2-5-9-22)23-10-6-3-7-11-23/h2-15,20,24H,16-19H2,1H3. The average molecular weight is 398 g/mol. The van der Waals surface area contributed by atoms with Crippen molar-refractivity contribution >= 4 is 17.4 Å². The van der Waals surface area contributed by atoms with Crippen molar-refractivity contribution in [3.05, 3.63) is 102 Å². The molecule has 0 radical (unpaired) electrons. The van der Waals surface area contributed by atoms with Crippen LogP contribution < -0.4 is 0 Å². The van der Waals surface area contributed by atoms with Crippen LogP contribution >= 0.6 is 0 Å². The van der Waals surface area contributed by atoms with Gasteiger partial charge in [-0.05, 0) is 36.5 Å². The molecule has 3 heteroatoms. The maximum atomic E-state index is 12.0. The fourth-order valence-corrected chi connectivity index (χ4v) is 3.84. The van der Waals surface area contributed by atoms with Gasteiger partial charge in [0, 0.05) is 17.5 Å². The van der Waals surface area contributed by atoms with Gasteiger partial charge in [-0.2, -0.15) is 0 Å². The molecule has 3 nitrogen and oxygen atoms in total. The minimum Gasteiger partial charge on any atom is -0.465 e. The minimum atomic E-state index is -0.0373. The van der Waals surface area contributed by atoms with E-state index in [1.165, 1.54) is 0 Å². The summed E-state index contributed by atoms with van der Waals surface area (Å²) < 4.78 is 5.44. The summed E-state index contributed by atoms with van der Waals surface area (Å²) in [5, 5.41) is 0. The van der Waals surface area contributed by atoms with Gasteiger partial charge in [-0.3, -0.25) is 4.79 Å². The highest BCUT2D eigenvalue weighted by atomic mass is 16.5. The molecule has 1 saturated carbocycles. The second kappa shape index (κ2) is 9.53. The Kier molecular flexibility index (Phi) is 6.38. The predicted molar refractivity (Wildman–Crippen MR) is 121 cm³/mol. The molecule has 0 aliphatic heterocycles. The molecular weight excluding hydrogens is 370 g/mol. The van der Waals surface area contributed by atoms with E-state index >= 15 is 0 Å². The lowest BCUT2D eigenvalue weighted by Crippen LogP contribution is -2.30. The van der Waals surface area contributed by atoms with E-state index in [-0.39, 0.29) is 11.9 Å². The summed E-state index contributed by atoms with van der Waals surface area (Å²) in [5.74, 6) is 0.739. The van der Waals surface area contributed by atoms with Crippen molar-refractivity contribution in [1.29, 1.82) is 0 Å². The number of hydrogen-bond donors (Lipinski definition) is 0. The van der Waals surface area contributed by atoms with Crippen LogP contribution in [-0.2, 0) is 16.0 Å². The number of aliphatic imine (C=N–C) groups is 1. The molecule has 0 N–H and O–H groups in total. The van der Waals surface area contributed by atoms with Crippen LogP contribution in [0.15, 0.2) is 89.9 Å². The summed E-state index contributed by atoms with van der Waals surface area (Å²) >= 11 is 0. The van der Waals surface area contributed by atoms with Gasteiger partial charge in [0.15, 0.2) is 0 Å². The Morgan fingerprint density at radius 2 is 1.43 bits per heavy atom. The number of carbonyl (C=O) groups excluding carboxylic acids is 1. The van der Waals surface area contributed by atoms with Gasteiger partial charge in [0.2, 0.25) is 0 Å². The fourth-order valence-electron chi connectivity index (χ4n) is 3.84. The lowest BCUT2D eigenvalue weighted by Gasteiger charge is -2.30. The molecule has 3 aromatic carbocycles. The second-order valence-electron chi connectivity index (χ2n) is 8.05. The van der Waals surface area contributed by atoms with Crippen molar-refractivity contribution in [2.45, 2.75) is 26.2 Å². The number of esters is 1. The van der Waals surface area contributed by atoms with E-state index in [2.05, 4.69) is 43.3 Å². The van der Waals surface area contributed by atoms with Crippen LogP contribution in [0.2, 0.25) is 0 Å². The van der Waals surface area contributed by atoms with Gasteiger partial charge in [-0.15, -0.1) is 0 Å². The third kappa shape index (κ3) is 5.04. The highest BCUT2D eigenvalue weighted by Crippen LogP contribution is 2.33. The molecule has 0 heterocycles. The summed E-state index contributed by atoms with van der Waals surface area (Å²) in [6, 6.07) is 28.6. The van der Waals surface area contributed by atoms with Gasteiger partial charge in [-0.1, -0.05) is 79.7 Å². The van der Waals surface area contributed by atoms with Crippen LogP contribution in [0, 0.1) is 11.8 Å². The van der Waals surface area contributed by atoms with E-state index in [0.29, 0.717) is 12.5 Å². The Labute approximate surface area is 178 Å². The molecule has 3 aromatic rings. The highest BCUT2D eigenvalue weighted by Gasteiger charge is 2.32. The lowest BCUT2D eigenvalue weighted by molar-refractivity contribution is -0.152. The first-order valence-electron chi connectivity index (χ1n) is 10.6. The Morgan fingerprint density at radius 1 is 0.867 bits per heavy atom. The van der Waals surface area contributed by atoms with Crippen LogP contribution in [0.3, 0.4) is 0 Å². The SMILES string of the molecule is CC1CC(C(=O)OCCc2ccc(N=C(c3ccccc3)c3ccccc3)cc2)C1. The summed E-state index contributed by atoms with van der Waals surface area (Å²) in [6.45, 7) is 2.61. The van der Waals surface area contributed by atoms with Crippen molar-refractivity contribution in [3.8, 4) is 0 Å². The molecule has 1 aliphatic carbocycles. The Hall–Kier alpha value is -3.20. The minimum absolute atomic E-state index is 0.0373. The maximum absolute atomic E-state index is 12.0. The highest BCUT2D eigenvalue weighted by molar-refractivity contribution is 6.13. The summed E-state index contributed by atoms with van der Waals surface area (Å²) in [6.07, 6.45) is 2.66. The molecule has 30 heavy (non-hydrogen) atoms. The molecular formula is C27H27NO2. The molecule has 0 saturated heterocycles. The molecule has 1 fully saturated rings. The van der Waals surface area contributed by atoms with Crippen LogP contribution in [0.4, 0.5) is 5.69 Å². The van der Waals surface area contributed by atoms with Crippen LogP contribution in [0.5, 0.6) is 0 Å². The number of rotatable bonds is 7. The normalized spacial score (nSPS) is 17.6. The summed E-state index contributed by atoms with van der Waals surface area (Å²) in [7, 11) is 0. The molecule has 0 amide bonds. The Bertz CT molecular complexity index is 947. The first-order valence-corrected chi connectivity index (χ1v) is 10.6. The number of carbonyl (C=O) groups is 1. The largest absolute Gasteiger partial charge is 0.465 e. The molecule has 0 atom stereocenters. The van der Waals surface area contributed by atoms with Gasteiger partial charge in [0.05, 0.1) is 23.9 Å². The fraction of sp³-hybridized carbons (Fsp3) is 0.259. The Balaban J connectivity index is 1.43. The number of benzene rings is 3. The third-order valence-corrected chi connectivity index (χ3v) is 5.61. The molecule has 0 unspecified atom stereocenters. The molecule has 1 aliphatic rings. The topological polar surface area (TPSA) is 38.7 Å². The van der Waals surface area contributed by atoms with Crippen molar-refractivity contribution in [2.75, 3.05) is 6.61 Å². The van der Waals surface area contributed by atoms with Crippen molar-refractivity contribution in [3.63, 3.8) is 0 Å². The van der Waals surface area contributed by atoms with E-state index in [4.69, 9.17) is 9.73 Å². The van der Waals surface area contributed by atoms with Gasteiger partial charge in [0.1, 0.15) is 0 Å². The Morgan fingerprint density at radius 3 is 1.97 bits per heavy atom. The third-order valence-electron chi connectivity index (χ3n) is 5.61. The molecule has 0 spiro atoms. The smallest absolute Gasteiger partial charge is 0.308 e. The molecule has 0 aromatic heterocycles.